The van der Waals surface area contributed by atoms with Crippen molar-refractivity contribution >= 4 is 11.0 Å². The van der Waals surface area contributed by atoms with Crippen molar-refractivity contribution in [3.05, 3.63) is 77.2 Å². The maximum Gasteiger partial charge on any atom is 0.250 e. The first kappa shape index (κ1) is 17.2. The topological polar surface area (TPSA) is 44.4 Å². The van der Waals surface area contributed by atoms with Gasteiger partial charge in [-0.15, -0.1) is 0 Å². The standard InChI is InChI=1S/C23H21NO3/c1-3-13-24-15-17(9-12-21(24)25)22-19-11-10-18(26-2)14-20(19)27-23(22)16-7-5-4-6-8-16/h4-12,14-15H,3,13H2,1-2H3. The zero-order chi connectivity index (χ0) is 18.8. The van der Waals surface area contributed by atoms with Gasteiger partial charge >= 0.3 is 0 Å². The van der Waals surface area contributed by atoms with E-state index in [1.807, 2.05) is 60.8 Å². The number of ether oxygens (including phenoxy) is 1. The van der Waals surface area contributed by atoms with Crippen LogP contribution in [0.25, 0.3) is 33.4 Å². The van der Waals surface area contributed by atoms with Gasteiger partial charge in [-0.3, -0.25) is 4.79 Å². The highest BCUT2D eigenvalue weighted by Gasteiger charge is 2.18. The molecule has 0 saturated heterocycles. The maximum atomic E-state index is 12.2. The van der Waals surface area contributed by atoms with Gasteiger partial charge in [0.05, 0.1) is 7.11 Å². The highest BCUT2D eigenvalue weighted by atomic mass is 16.5. The van der Waals surface area contributed by atoms with Crippen LogP contribution in [0.3, 0.4) is 0 Å². The Morgan fingerprint density at radius 2 is 1.81 bits per heavy atom. The number of pyridine rings is 1. The van der Waals surface area contributed by atoms with Crippen molar-refractivity contribution in [3.8, 4) is 28.2 Å². The van der Waals surface area contributed by atoms with Gasteiger partial charge in [0.15, 0.2) is 0 Å². The molecule has 4 heteroatoms. The molecule has 0 N–H and O–H groups in total. The summed E-state index contributed by atoms with van der Waals surface area (Å²) in [6.07, 6.45) is 2.82. The smallest absolute Gasteiger partial charge is 0.250 e. The predicted molar refractivity (Wildman–Crippen MR) is 108 cm³/mol. The zero-order valence-electron chi connectivity index (χ0n) is 15.4. The second kappa shape index (κ2) is 7.16. The minimum atomic E-state index is 0.0105. The summed E-state index contributed by atoms with van der Waals surface area (Å²) < 4.78 is 13.3. The number of hydrogen-bond donors (Lipinski definition) is 0. The molecule has 4 aromatic rings. The SMILES string of the molecule is CCCn1cc(-c2c(-c3ccccc3)oc3cc(OC)ccc23)ccc1=O. The summed E-state index contributed by atoms with van der Waals surface area (Å²) in [4.78, 5) is 12.2. The Morgan fingerprint density at radius 1 is 1.00 bits per heavy atom. The molecule has 0 amide bonds. The van der Waals surface area contributed by atoms with Gasteiger partial charge < -0.3 is 13.7 Å². The van der Waals surface area contributed by atoms with Crippen LogP contribution >= 0.6 is 0 Å². The Balaban J connectivity index is 2.00. The third-order valence-electron chi connectivity index (χ3n) is 4.67. The Labute approximate surface area is 157 Å². The Kier molecular flexibility index (Phi) is 4.55. The largest absolute Gasteiger partial charge is 0.497 e. The average Bonchev–Trinajstić information content (AvgIpc) is 3.09. The Bertz CT molecular complexity index is 1140. The van der Waals surface area contributed by atoms with Crippen molar-refractivity contribution in [1.29, 1.82) is 0 Å². The molecule has 0 aliphatic carbocycles. The average molecular weight is 359 g/mol. The number of hydrogen-bond acceptors (Lipinski definition) is 3. The number of aryl methyl sites for hydroxylation is 1. The second-order valence-corrected chi connectivity index (χ2v) is 6.48. The molecule has 27 heavy (non-hydrogen) atoms. The number of rotatable bonds is 5. The highest BCUT2D eigenvalue weighted by Crippen LogP contribution is 2.41. The molecular weight excluding hydrogens is 338 g/mol. The number of fused-ring (bicyclic) bond motifs is 1. The lowest BCUT2D eigenvalue weighted by Crippen LogP contribution is -2.18. The highest BCUT2D eigenvalue weighted by molar-refractivity contribution is 6.02. The Hall–Kier alpha value is -3.27. The molecule has 0 spiro atoms. The van der Waals surface area contributed by atoms with E-state index in [1.165, 1.54) is 0 Å². The zero-order valence-corrected chi connectivity index (χ0v) is 15.4. The van der Waals surface area contributed by atoms with Crippen LogP contribution in [0, 0.1) is 0 Å². The molecule has 4 nitrogen and oxygen atoms in total. The van der Waals surface area contributed by atoms with E-state index >= 15 is 0 Å². The van der Waals surface area contributed by atoms with Crippen molar-refractivity contribution in [2.75, 3.05) is 7.11 Å². The molecule has 0 unspecified atom stereocenters. The number of aromatic nitrogens is 1. The van der Waals surface area contributed by atoms with E-state index in [9.17, 15) is 4.79 Å². The summed E-state index contributed by atoms with van der Waals surface area (Å²) in [5, 5.41) is 0.997. The fraction of sp³-hybridized carbons (Fsp3) is 0.174. The third kappa shape index (κ3) is 3.14. The molecule has 0 atom stereocenters. The van der Waals surface area contributed by atoms with Gasteiger partial charge in [-0.2, -0.15) is 0 Å². The summed E-state index contributed by atoms with van der Waals surface area (Å²) in [5.74, 6) is 1.54. The summed E-state index contributed by atoms with van der Waals surface area (Å²) in [6, 6.07) is 19.4. The van der Waals surface area contributed by atoms with Gasteiger partial charge in [0, 0.05) is 47.0 Å². The number of furan rings is 1. The van der Waals surface area contributed by atoms with E-state index in [-0.39, 0.29) is 5.56 Å². The maximum absolute atomic E-state index is 12.2. The van der Waals surface area contributed by atoms with Crippen LogP contribution in [0.4, 0.5) is 0 Å². The van der Waals surface area contributed by atoms with Crippen molar-refractivity contribution in [2.45, 2.75) is 19.9 Å². The third-order valence-corrected chi connectivity index (χ3v) is 4.67. The molecule has 4 rings (SSSR count). The van der Waals surface area contributed by atoms with E-state index in [1.54, 1.807) is 17.7 Å². The minimum absolute atomic E-state index is 0.0105. The molecule has 0 saturated carbocycles. The normalized spacial score (nSPS) is 11.0. The lowest BCUT2D eigenvalue weighted by atomic mass is 10.00. The fourth-order valence-corrected chi connectivity index (χ4v) is 3.38. The van der Waals surface area contributed by atoms with Crippen LogP contribution in [0.2, 0.25) is 0 Å². The lowest BCUT2D eigenvalue weighted by molar-refractivity contribution is 0.414. The number of benzene rings is 2. The molecule has 2 aromatic heterocycles. The molecule has 0 aliphatic heterocycles. The lowest BCUT2D eigenvalue weighted by Gasteiger charge is -2.08. The summed E-state index contributed by atoms with van der Waals surface area (Å²) in [6.45, 7) is 2.75. The van der Waals surface area contributed by atoms with Crippen molar-refractivity contribution < 1.29 is 9.15 Å². The van der Waals surface area contributed by atoms with E-state index in [2.05, 4.69) is 6.92 Å². The van der Waals surface area contributed by atoms with Crippen LogP contribution in [0.15, 0.2) is 76.1 Å². The molecule has 136 valence electrons. The number of methoxy groups -OCH3 is 1. The van der Waals surface area contributed by atoms with Gasteiger partial charge in [-0.25, -0.2) is 0 Å². The molecule has 2 heterocycles. The first-order valence-corrected chi connectivity index (χ1v) is 9.08. The van der Waals surface area contributed by atoms with Gasteiger partial charge in [-0.1, -0.05) is 37.3 Å². The Morgan fingerprint density at radius 3 is 2.56 bits per heavy atom. The van der Waals surface area contributed by atoms with Crippen LogP contribution in [-0.4, -0.2) is 11.7 Å². The van der Waals surface area contributed by atoms with Gasteiger partial charge in [0.2, 0.25) is 0 Å². The fourth-order valence-electron chi connectivity index (χ4n) is 3.38. The summed E-state index contributed by atoms with van der Waals surface area (Å²) in [5.41, 5.74) is 3.72. The first-order valence-electron chi connectivity index (χ1n) is 9.08. The van der Waals surface area contributed by atoms with Crippen LogP contribution in [-0.2, 0) is 6.54 Å². The predicted octanol–water partition coefficient (Wildman–Crippen LogP) is 5.35. The van der Waals surface area contributed by atoms with Crippen LogP contribution < -0.4 is 10.3 Å². The molecule has 0 fully saturated rings. The molecule has 0 radical (unpaired) electrons. The van der Waals surface area contributed by atoms with E-state index in [0.717, 1.165) is 45.6 Å². The second-order valence-electron chi connectivity index (χ2n) is 6.48. The first-order chi connectivity index (χ1) is 13.2. The molecule has 2 aromatic carbocycles. The van der Waals surface area contributed by atoms with Crippen LogP contribution in [0.5, 0.6) is 5.75 Å². The summed E-state index contributed by atoms with van der Waals surface area (Å²) >= 11 is 0. The summed E-state index contributed by atoms with van der Waals surface area (Å²) in [7, 11) is 1.64. The van der Waals surface area contributed by atoms with Crippen molar-refractivity contribution in [3.63, 3.8) is 0 Å². The van der Waals surface area contributed by atoms with Crippen LogP contribution in [0.1, 0.15) is 13.3 Å². The molecule has 0 bridgehead atoms. The van der Waals surface area contributed by atoms with Crippen molar-refractivity contribution in [2.24, 2.45) is 0 Å². The quantitative estimate of drug-likeness (QED) is 0.483. The molecular formula is C23H21NO3. The van der Waals surface area contributed by atoms with E-state index < -0.39 is 0 Å². The number of nitrogens with zero attached hydrogens (tertiary/aromatic N) is 1. The van der Waals surface area contributed by atoms with Gasteiger partial charge in [0.1, 0.15) is 17.1 Å². The van der Waals surface area contributed by atoms with Gasteiger partial charge in [0.25, 0.3) is 5.56 Å². The van der Waals surface area contributed by atoms with E-state index in [4.69, 9.17) is 9.15 Å². The van der Waals surface area contributed by atoms with Crippen molar-refractivity contribution in [1.82, 2.24) is 4.57 Å². The monoisotopic (exact) mass is 359 g/mol. The minimum Gasteiger partial charge on any atom is -0.497 e. The van der Waals surface area contributed by atoms with E-state index in [0.29, 0.717) is 6.54 Å². The van der Waals surface area contributed by atoms with Gasteiger partial charge in [-0.05, 0) is 24.6 Å². The molecule has 0 aliphatic rings.